The van der Waals surface area contributed by atoms with Crippen LogP contribution in [0.5, 0.6) is 0 Å². The maximum atomic E-state index is 11.2. The van der Waals surface area contributed by atoms with E-state index < -0.39 is 11.9 Å². The number of nitrogens with one attached hydrogen (secondary N) is 2. The fourth-order valence-corrected chi connectivity index (χ4v) is 1.23. The molecule has 0 unspecified atom stereocenters. The first-order chi connectivity index (χ1) is 9.24. The van der Waals surface area contributed by atoms with Crippen molar-refractivity contribution in [3.63, 3.8) is 0 Å². The Morgan fingerprint density at radius 3 is 1.79 bits per heavy atom. The summed E-state index contributed by atoms with van der Waals surface area (Å²) in [4.78, 5) is 30.9. The number of nitrogens with zero attached hydrogens (tertiary/aromatic N) is 2. The highest BCUT2D eigenvalue weighted by Crippen LogP contribution is 2.00. The molecule has 2 N–H and O–H groups in total. The van der Waals surface area contributed by atoms with Crippen LogP contribution in [0.1, 0.15) is 11.1 Å². The van der Waals surface area contributed by atoms with Crippen molar-refractivity contribution >= 4 is 11.9 Å². The van der Waals surface area contributed by atoms with Gasteiger partial charge in [-0.05, 0) is 0 Å². The zero-order valence-corrected chi connectivity index (χ0v) is 9.66. The summed E-state index contributed by atoms with van der Waals surface area (Å²) in [6.07, 6.45) is 5.91. The number of hydrogen-bond donors (Lipinski definition) is 2. The van der Waals surface area contributed by atoms with E-state index in [1.54, 1.807) is 0 Å². The van der Waals surface area contributed by atoms with Gasteiger partial charge in [0, 0.05) is 28.6 Å². The number of carbonyl (C=O) groups excluding carboxylic acids is 2. The molecule has 2 heterocycles. The van der Waals surface area contributed by atoms with Gasteiger partial charge in [0.1, 0.15) is 0 Å². The van der Waals surface area contributed by atoms with Crippen molar-refractivity contribution in [2.24, 2.45) is 0 Å². The number of carbonyl (C=O) groups is 2. The molecule has 2 rings (SSSR count). The minimum Gasteiger partial charge on any atom is -0.285 e. The molecule has 0 aromatic carbocycles. The lowest BCUT2D eigenvalue weighted by molar-refractivity contribution is -0.459. The molecule has 19 heavy (non-hydrogen) atoms. The summed E-state index contributed by atoms with van der Waals surface area (Å²) in [5.74, 6) is -1.42. The molecule has 0 bridgehead atoms. The fraction of sp³-hybridized carbons (Fsp3) is 0.200. The van der Waals surface area contributed by atoms with E-state index in [4.69, 9.17) is 0 Å². The van der Waals surface area contributed by atoms with Crippen LogP contribution in [-0.2, 0) is 37.2 Å². The van der Waals surface area contributed by atoms with Crippen LogP contribution in [0, 0.1) is 0 Å². The molecule has 0 saturated heterocycles. The third-order valence-corrected chi connectivity index (χ3v) is 2.06. The zero-order chi connectivity index (χ0) is 13.5. The van der Waals surface area contributed by atoms with Crippen LogP contribution < -0.4 is 0 Å². The molecular weight excluding hydrogens is 256 g/mol. The van der Waals surface area contributed by atoms with E-state index in [1.807, 2.05) is 0 Å². The van der Waals surface area contributed by atoms with Crippen LogP contribution in [0.3, 0.4) is 0 Å². The van der Waals surface area contributed by atoms with Crippen molar-refractivity contribution in [2.45, 2.75) is 12.8 Å². The molecule has 0 atom stereocenters. The second-order valence-corrected chi connectivity index (χ2v) is 3.55. The molecule has 0 aliphatic heterocycles. The molecule has 2 aromatic heterocycles. The molecule has 0 radical (unpaired) electrons. The molecule has 0 aliphatic rings. The van der Waals surface area contributed by atoms with Crippen LogP contribution in [0.25, 0.3) is 0 Å². The van der Waals surface area contributed by atoms with Gasteiger partial charge in [0.05, 0.1) is 25.2 Å². The fourth-order valence-electron chi connectivity index (χ4n) is 1.23. The number of aromatic amines is 2. The van der Waals surface area contributed by atoms with Crippen molar-refractivity contribution in [1.82, 2.24) is 20.4 Å². The lowest BCUT2D eigenvalue weighted by Crippen LogP contribution is -2.13. The second kappa shape index (κ2) is 6.31. The average Bonchev–Trinajstić information content (AvgIpc) is 3.02. The first-order valence-corrected chi connectivity index (χ1v) is 5.26. The molecule has 9 heteroatoms. The number of H-pyrrole nitrogens is 2. The number of hydrogen-bond acceptors (Lipinski definition) is 7. The quantitative estimate of drug-likeness (QED) is 0.551. The minimum absolute atomic E-state index is 0.0459. The summed E-state index contributed by atoms with van der Waals surface area (Å²) in [7, 11) is 0. The maximum absolute atomic E-state index is 11.2. The zero-order valence-electron chi connectivity index (χ0n) is 9.66. The topological polar surface area (TPSA) is 119 Å². The van der Waals surface area contributed by atoms with Gasteiger partial charge in [-0.2, -0.15) is 10.2 Å². The highest BCUT2D eigenvalue weighted by atomic mass is 17.5. The normalized spacial score (nSPS) is 10.1. The molecule has 0 amide bonds. The molecule has 0 aliphatic carbocycles. The number of rotatable bonds is 6. The van der Waals surface area contributed by atoms with Gasteiger partial charge < -0.3 is 0 Å². The molecule has 0 saturated carbocycles. The van der Waals surface area contributed by atoms with Gasteiger partial charge in [-0.15, -0.1) is 0 Å². The van der Waals surface area contributed by atoms with Gasteiger partial charge in [-0.1, -0.05) is 0 Å². The largest absolute Gasteiger partial charge is 0.351 e. The molecular formula is C10H10N4O5. The molecule has 100 valence electrons. The van der Waals surface area contributed by atoms with Crippen LogP contribution in [0.4, 0.5) is 0 Å². The molecule has 0 spiro atoms. The maximum Gasteiger partial charge on any atom is 0.351 e. The van der Waals surface area contributed by atoms with Crippen molar-refractivity contribution in [2.75, 3.05) is 0 Å². The van der Waals surface area contributed by atoms with Crippen LogP contribution in [0.2, 0.25) is 0 Å². The van der Waals surface area contributed by atoms with Gasteiger partial charge in [0.2, 0.25) is 0 Å². The Morgan fingerprint density at radius 2 is 1.42 bits per heavy atom. The van der Waals surface area contributed by atoms with Gasteiger partial charge in [0.15, 0.2) is 0 Å². The van der Waals surface area contributed by atoms with Gasteiger partial charge in [-0.3, -0.25) is 20.0 Å². The molecule has 0 fully saturated rings. The highest BCUT2D eigenvalue weighted by molar-refractivity contribution is 5.72. The Balaban J connectivity index is 1.63. The second-order valence-electron chi connectivity index (χ2n) is 3.55. The third-order valence-electron chi connectivity index (χ3n) is 2.06. The van der Waals surface area contributed by atoms with Gasteiger partial charge >= 0.3 is 11.9 Å². The smallest absolute Gasteiger partial charge is 0.285 e. The summed E-state index contributed by atoms with van der Waals surface area (Å²) in [6, 6.07) is 0. The Hall–Kier alpha value is -2.68. The summed E-state index contributed by atoms with van der Waals surface area (Å²) in [6.45, 7) is 0. The average molecular weight is 266 g/mol. The van der Waals surface area contributed by atoms with Crippen molar-refractivity contribution in [3.05, 3.63) is 35.9 Å². The van der Waals surface area contributed by atoms with Gasteiger partial charge in [0.25, 0.3) is 0 Å². The summed E-state index contributed by atoms with van der Waals surface area (Å²) < 4.78 is 0. The SMILES string of the molecule is O=C(Cc1cn[nH]c1)OOOC(=O)Cc1cn[nH]c1. The van der Waals surface area contributed by atoms with E-state index in [-0.39, 0.29) is 12.8 Å². The van der Waals surface area contributed by atoms with E-state index >= 15 is 0 Å². The lowest BCUT2D eigenvalue weighted by Gasteiger charge is -2.00. The third kappa shape index (κ3) is 4.24. The first kappa shape index (κ1) is 12.8. The van der Waals surface area contributed by atoms with Crippen molar-refractivity contribution in [1.29, 1.82) is 0 Å². The predicted octanol–water partition coefficient (Wildman–Crippen LogP) is -0.149. The predicted molar refractivity (Wildman–Crippen MR) is 57.9 cm³/mol. The molecule has 9 nitrogen and oxygen atoms in total. The van der Waals surface area contributed by atoms with Crippen LogP contribution >= 0.6 is 0 Å². The summed E-state index contributed by atoms with van der Waals surface area (Å²) >= 11 is 0. The standard InChI is InChI=1S/C10H10N4O5/c15-9(1-7-3-11-12-4-7)17-19-18-10(16)2-8-5-13-14-6-8/h3-6H,1-2H2,(H,11,12)(H,13,14). The lowest BCUT2D eigenvalue weighted by atomic mass is 10.3. The number of aromatic nitrogens is 4. The Bertz CT molecular complexity index is 474. The van der Waals surface area contributed by atoms with Crippen molar-refractivity contribution in [3.8, 4) is 0 Å². The van der Waals surface area contributed by atoms with Crippen LogP contribution in [-0.4, -0.2) is 32.3 Å². The van der Waals surface area contributed by atoms with E-state index in [0.29, 0.717) is 11.1 Å². The van der Waals surface area contributed by atoms with E-state index in [2.05, 4.69) is 35.2 Å². The van der Waals surface area contributed by atoms with Crippen LogP contribution in [0.15, 0.2) is 24.8 Å². The first-order valence-electron chi connectivity index (χ1n) is 5.26. The highest BCUT2D eigenvalue weighted by Gasteiger charge is 2.11. The van der Waals surface area contributed by atoms with E-state index in [9.17, 15) is 9.59 Å². The van der Waals surface area contributed by atoms with Crippen molar-refractivity contribution < 1.29 is 24.4 Å². The Morgan fingerprint density at radius 1 is 0.947 bits per heavy atom. The monoisotopic (exact) mass is 266 g/mol. The Labute approximate surface area is 106 Å². The van der Waals surface area contributed by atoms with E-state index in [1.165, 1.54) is 24.8 Å². The summed E-state index contributed by atoms with van der Waals surface area (Å²) in [5, 5.41) is 16.5. The van der Waals surface area contributed by atoms with Gasteiger partial charge in [-0.25, -0.2) is 9.59 Å². The summed E-state index contributed by atoms with van der Waals surface area (Å²) in [5.41, 5.74) is 1.25. The molecule has 2 aromatic rings. The minimum atomic E-state index is -0.711. The van der Waals surface area contributed by atoms with E-state index in [0.717, 1.165) is 0 Å². The Kier molecular flexibility index (Phi) is 4.24.